The summed E-state index contributed by atoms with van der Waals surface area (Å²) in [5.41, 5.74) is 0.0188. The van der Waals surface area contributed by atoms with E-state index in [1.807, 2.05) is 6.07 Å². The zero-order chi connectivity index (χ0) is 17.0. The number of thioether (sulfide) groups is 1. The highest BCUT2D eigenvalue weighted by atomic mass is 32.2. The molecule has 1 aliphatic rings. The molecule has 0 amide bonds. The highest BCUT2D eigenvalue weighted by Gasteiger charge is 2.30. The molecular weight excluding hydrogens is 335 g/mol. The molecule has 1 aliphatic heterocycles. The first kappa shape index (κ1) is 17.1. The van der Waals surface area contributed by atoms with Crippen molar-refractivity contribution in [3.8, 4) is 0 Å². The first-order valence-electron chi connectivity index (χ1n) is 7.88. The van der Waals surface area contributed by atoms with Gasteiger partial charge in [-0.25, -0.2) is 9.97 Å². The van der Waals surface area contributed by atoms with E-state index in [1.54, 1.807) is 6.07 Å². The molecule has 0 bridgehead atoms. The molecule has 2 heterocycles. The van der Waals surface area contributed by atoms with Crippen LogP contribution in [0, 0.1) is 0 Å². The van der Waals surface area contributed by atoms with Crippen LogP contribution in [-0.4, -0.2) is 23.1 Å². The van der Waals surface area contributed by atoms with E-state index in [9.17, 15) is 13.2 Å². The summed E-state index contributed by atoms with van der Waals surface area (Å²) in [5, 5.41) is 0.781. The topological polar surface area (TPSA) is 29.0 Å². The Kier molecular flexibility index (Phi) is 5.28. The standard InChI is InChI=1S/C17H18F3N3S/c18-17(19,20)14-6-4-5-13(9-14)11-24-16-10-15(21-12-22-16)23-7-2-1-3-8-23/h4-6,9-10,12H,1-3,7-8,11H2. The van der Waals surface area contributed by atoms with Crippen LogP contribution in [0.1, 0.15) is 30.4 Å². The predicted octanol–water partition coefficient (Wildman–Crippen LogP) is 4.78. The molecule has 1 saturated heterocycles. The Morgan fingerprint density at radius 1 is 1.04 bits per heavy atom. The van der Waals surface area contributed by atoms with Gasteiger partial charge >= 0.3 is 6.18 Å². The molecule has 0 aliphatic carbocycles. The van der Waals surface area contributed by atoms with Crippen LogP contribution >= 0.6 is 11.8 Å². The van der Waals surface area contributed by atoms with Gasteiger partial charge in [0.1, 0.15) is 17.2 Å². The number of nitrogens with zero attached hydrogens (tertiary/aromatic N) is 3. The first-order chi connectivity index (χ1) is 11.5. The molecule has 0 N–H and O–H groups in total. The molecule has 3 nitrogen and oxygen atoms in total. The van der Waals surface area contributed by atoms with Crippen LogP contribution in [0.5, 0.6) is 0 Å². The molecule has 0 saturated carbocycles. The summed E-state index contributed by atoms with van der Waals surface area (Å²) in [6.45, 7) is 1.99. The molecule has 2 aromatic rings. The zero-order valence-corrected chi connectivity index (χ0v) is 13.9. The minimum Gasteiger partial charge on any atom is -0.356 e. The van der Waals surface area contributed by atoms with E-state index in [1.165, 1.54) is 36.6 Å². The summed E-state index contributed by atoms with van der Waals surface area (Å²) in [4.78, 5) is 10.8. The fourth-order valence-corrected chi connectivity index (χ4v) is 3.50. The summed E-state index contributed by atoms with van der Waals surface area (Å²) < 4.78 is 38.3. The van der Waals surface area contributed by atoms with E-state index in [4.69, 9.17) is 0 Å². The lowest BCUT2D eigenvalue weighted by molar-refractivity contribution is -0.137. The highest BCUT2D eigenvalue weighted by molar-refractivity contribution is 7.98. The highest BCUT2D eigenvalue weighted by Crippen LogP contribution is 2.31. The number of hydrogen-bond acceptors (Lipinski definition) is 4. The van der Waals surface area contributed by atoms with Crippen LogP contribution in [0.2, 0.25) is 0 Å². The van der Waals surface area contributed by atoms with Crippen LogP contribution in [0.3, 0.4) is 0 Å². The summed E-state index contributed by atoms with van der Waals surface area (Å²) in [6.07, 6.45) is 0.793. The third-order valence-electron chi connectivity index (χ3n) is 3.95. The number of hydrogen-bond donors (Lipinski definition) is 0. The average Bonchev–Trinajstić information content (AvgIpc) is 2.61. The molecule has 0 radical (unpaired) electrons. The van der Waals surface area contributed by atoms with Crippen molar-refractivity contribution in [1.29, 1.82) is 0 Å². The van der Waals surface area contributed by atoms with Gasteiger partial charge < -0.3 is 4.90 Å². The first-order valence-corrected chi connectivity index (χ1v) is 8.87. The Morgan fingerprint density at radius 2 is 1.83 bits per heavy atom. The lowest BCUT2D eigenvalue weighted by Crippen LogP contribution is -2.30. The Hall–Kier alpha value is -1.76. The van der Waals surface area contributed by atoms with Crippen molar-refractivity contribution < 1.29 is 13.2 Å². The molecule has 24 heavy (non-hydrogen) atoms. The van der Waals surface area contributed by atoms with Crippen molar-refractivity contribution >= 4 is 17.6 Å². The van der Waals surface area contributed by atoms with Gasteiger partial charge in [0.15, 0.2) is 0 Å². The van der Waals surface area contributed by atoms with Crippen molar-refractivity contribution in [2.45, 2.75) is 36.2 Å². The average molecular weight is 353 g/mol. The van der Waals surface area contributed by atoms with Gasteiger partial charge in [-0.1, -0.05) is 18.2 Å². The Morgan fingerprint density at radius 3 is 2.58 bits per heavy atom. The molecule has 0 spiro atoms. The quantitative estimate of drug-likeness (QED) is 0.584. The van der Waals surface area contributed by atoms with Crippen molar-refractivity contribution in [1.82, 2.24) is 9.97 Å². The molecule has 128 valence electrons. The van der Waals surface area contributed by atoms with Crippen molar-refractivity contribution in [3.63, 3.8) is 0 Å². The summed E-state index contributed by atoms with van der Waals surface area (Å²) in [5.74, 6) is 1.34. The Balaban J connectivity index is 1.66. The maximum atomic E-state index is 12.8. The third kappa shape index (κ3) is 4.41. The number of rotatable bonds is 4. The second-order valence-electron chi connectivity index (χ2n) is 5.75. The summed E-state index contributed by atoms with van der Waals surface area (Å²) in [7, 11) is 0. The maximum Gasteiger partial charge on any atom is 0.416 e. The van der Waals surface area contributed by atoms with Gasteiger partial charge in [0.25, 0.3) is 0 Å². The minimum absolute atomic E-state index is 0.445. The molecule has 1 fully saturated rings. The minimum atomic E-state index is -4.31. The lowest BCUT2D eigenvalue weighted by atomic mass is 10.1. The number of aromatic nitrogens is 2. The summed E-state index contributed by atoms with van der Waals surface area (Å²) >= 11 is 1.43. The van der Waals surface area contributed by atoms with Gasteiger partial charge in [-0.2, -0.15) is 13.2 Å². The summed E-state index contributed by atoms with van der Waals surface area (Å²) in [6, 6.07) is 7.35. The van der Waals surface area contributed by atoms with Crippen molar-refractivity contribution in [2.24, 2.45) is 0 Å². The van der Waals surface area contributed by atoms with Gasteiger partial charge in [0.05, 0.1) is 5.56 Å². The van der Waals surface area contributed by atoms with Crippen LogP contribution in [0.15, 0.2) is 41.7 Å². The fourth-order valence-electron chi connectivity index (χ4n) is 2.70. The van der Waals surface area contributed by atoms with E-state index in [-0.39, 0.29) is 0 Å². The van der Waals surface area contributed by atoms with E-state index in [2.05, 4.69) is 14.9 Å². The molecular formula is C17H18F3N3S. The van der Waals surface area contributed by atoms with E-state index >= 15 is 0 Å². The monoisotopic (exact) mass is 353 g/mol. The van der Waals surface area contributed by atoms with Crippen LogP contribution in [-0.2, 0) is 11.9 Å². The van der Waals surface area contributed by atoms with Crippen LogP contribution in [0.4, 0.5) is 19.0 Å². The number of halogens is 3. The van der Waals surface area contributed by atoms with Gasteiger partial charge in [0, 0.05) is 24.9 Å². The van der Waals surface area contributed by atoms with Crippen molar-refractivity contribution in [3.05, 3.63) is 47.8 Å². The molecule has 1 aromatic heterocycles. The Labute approximate surface area is 143 Å². The van der Waals surface area contributed by atoms with E-state index in [0.29, 0.717) is 11.3 Å². The molecule has 7 heteroatoms. The molecule has 1 aromatic carbocycles. The second-order valence-corrected chi connectivity index (χ2v) is 6.74. The number of anilines is 1. The maximum absolute atomic E-state index is 12.8. The fraction of sp³-hybridized carbons (Fsp3) is 0.412. The normalized spacial score (nSPS) is 15.5. The lowest BCUT2D eigenvalue weighted by Gasteiger charge is -2.27. The van der Waals surface area contributed by atoms with Gasteiger partial charge in [-0.05, 0) is 30.9 Å². The van der Waals surface area contributed by atoms with Crippen molar-refractivity contribution in [2.75, 3.05) is 18.0 Å². The van der Waals surface area contributed by atoms with Crippen LogP contribution in [0.25, 0.3) is 0 Å². The third-order valence-corrected chi connectivity index (χ3v) is 4.95. The second kappa shape index (κ2) is 7.42. The zero-order valence-electron chi connectivity index (χ0n) is 13.1. The predicted molar refractivity (Wildman–Crippen MR) is 89.1 cm³/mol. The SMILES string of the molecule is FC(F)(F)c1cccc(CSc2cc(N3CCCCC3)ncn2)c1. The van der Waals surface area contributed by atoms with Gasteiger partial charge in [-0.15, -0.1) is 11.8 Å². The number of piperidine rings is 1. The smallest absolute Gasteiger partial charge is 0.356 e. The van der Waals surface area contributed by atoms with Crippen LogP contribution < -0.4 is 4.90 Å². The Bertz CT molecular complexity index is 685. The van der Waals surface area contributed by atoms with E-state index < -0.39 is 11.7 Å². The number of alkyl halides is 3. The molecule has 3 rings (SSSR count). The van der Waals surface area contributed by atoms with E-state index in [0.717, 1.165) is 42.8 Å². The number of benzene rings is 1. The molecule has 0 unspecified atom stereocenters. The molecule has 0 atom stereocenters. The van der Waals surface area contributed by atoms with Gasteiger partial charge in [0.2, 0.25) is 0 Å². The van der Waals surface area contributed by atoms with Gasteiger partial charge in [-0.3, -0.25) is 0 Å². The largest absolute Gasteiger partial charge is 0.416 e.